The van der Waals surface area contributed by atoms with Gasteiger partial charge in [0.15, 0.2) is 11.6 Å². The summed E-state index contributed by atoms with van der Waals surface area (Å²) in [7, 11) is 0. The Morgan fingerprint density at radius 1 is 0.186 bits per heavy atom. The fourth-order valence-electron chi connectivity index (χ4n) is 16.8. The minimum Gasteiger partial charge on any atom is -0.309 e. The highest BCUT2D eigenvalue weighted by Gasteiger charge is 2.22. The van der Waals surface area contributed by atoms with Crippen LogP contribution in [0.5, 0.6) is 0 Å². The zero-order valence-electron chi connectivity index (χ0n) is 62.8. The quantitative estimate of drug-likeness (QED) is 0.122. The second-order valence-electron chi connectivity index (χ2n) is 29.1. The third-order valence-electron chi connectivity index (χ3n) is 22.3. The molecule has 7 heteroatoms. The second kappa shape index (κ2) is 27.9. The topological polar surface area (TPSA) is 58.4 Å². The highest BCUT2D eigenvalue weighted by atomic mass is 15.2. The molecule has 0 fully saturated rings. The second-order valence-corrected chi connectivity index (χ2v) is 29.1. The molecule has 0 aliphatic heterocycles. The van der Waals surface area contributed by atoms with Crippen molar-refractivity contribution in [3.05, 3.63) is 418 Å². The van der Waals surface area contributed by atoms with Gasteiger partial charge in [-0.2, -0.15) is 9.97 Å². The summed E-state index contributed by atoms with van der Waals surface area (Å²) in [5.74, 6) is 1.86. The molecule has 0 aliphatic carbocycles. The third-order valence-corrected chi connectivity index (χ3v) is 22.3. The molecule has 5 heterocycles. The lowest BCUT2D eigenvalue weighted by atomic mass is 9.97. The van der Waals surface area contributed by atoms with Gasteiger partial charge in [0, 0.05) is 71.3 Å². The fraction of sp³-hybridized carbons (Fsp3) is 0.00943. The minimum absolute atomic E-state index is 0.520. The average molecular weight is 1440 g/mol. The van der Waals surface area contributed by atoms with E-state index in [1.165, 1.54) is 111 Å². The molecule has 22 rings (SSSR count). The van der Waals surface area contributed by atoms with Gasteiger partial charge >= 0.3 is 0 Å². The van der Waals surface area contributed by atoms with E-state index >= 15 is 0 Å². The summed E-state index contributed by atoms with van der Waals surface area (Å²) in [4.78, 5) is 15.1. The van der Waals surface area contributed by atoms with Gasteiger partial charge in [-0.05, 0) is 189 Å². The van der Waals surface area contributed by atoms with Gasteiger partial charge in [-0.3, -0.25) is 4.57 Å². The molecule has 0 unspecified atom stereocenters. The van der Waals surface area contributed by atoms with Gasteiger partial charge in [0.1, 0.15) is 0 Å². The highest BCUT2D eigenvalue weighted by Crippen LogP contribution is 2.42. The molecule has 7 nitrogen and oxygen atoms in total. The fourth-order valence-corrected chi connectivity index (χ4v) is 16.8. The summed E-state index contributed by atoms with van der Waals surface area (Å²) in [5.41, 5.74) is 30.0. The summed E-state index contributed by atoms with van der Waals surface area (Å²) in [6, 6.07) is 145. The van der Waals surface area contributed by atoms with Crippen LogP contribution in [0.1, 0.15) is 6.93 Å². The number of hydrogen-bond donors (Lipinski definition) is 0. The molecule has 22 aromatic rings. The van der Waals surface area contributed by atoms with Gasteiger partial charge in [-0.1, -0.05) is 303 Å². The summed E-state index contributed by atoms with van der Waals surface area (Å²) < 4.78 is 17.5. The summed E-state index contributed by atoms with van der Waals surface area (Å²) >= 11 is 0. The molecule has 0 radical (unpaired) electrons. The Morgan fingerprint density at radius 2 is 0.434 bits per heavy atom. The molecule has 0 N–H and O–H groups in total. The lowest BCUT2D eigenvalue weighted by Gasteiger charge is -2.11. The van der Waals surface area contributed by atoms with Gasteiger partial charge in [-0.25, -0.2) is 4.98 Å². The molecule has 17 aromatic carbocycles. The number of rotatable bonds is 12. The predicted octanol–water partition coefficient (Wildman–Crippen LogP) is 27.6. The SMILES string of the molecule is [2H]c1ccc2c(c1)c1cc(-c3ccc(-c4ccc(-c5ccc6c(c5)c5cc(C)ccc5n6-c5ccccc5)cc4)cc3)ccc1n2-c1ccccc1.c1ccc(-c2nc(-c3ccccc3)nc(-n3c4ccccc4c4cc(-c5ccc(-c6ccc(-c7ccc8c(c7)c7ccccc7n8-c7ccccc7)cc6)cc5)ccc43)n2)cc1. The summed E-state index contributed by atoms with van der Waals surface area (Å²) in [6.45, 7) is 2.17. The van der Waals surface area contributed by atoms with Crippen LogP contribution in [0, 0.1) is 6.92 Å². The molecule has 0 saturated carbocycles. The molecular formula is C106H71N7. The number of para-hydroxylation sites is 6. The first-order valence-electron chi connectivity index (χ1n) is 38.9. The van der Waals surface area contributed by atoms with Crippen molar-refractivity contribution in [2.24, 2.45) is 0 Å². The van der Waals surface area contributed by atoms with E-state index in [1.807, 2.05) is 78.9 Å². The Balaban J connectivity index is 0.000000145. The van der Waals surface area contributed by atoms with Crippen molar-refractivity contribution in [2.45, 2.75) is 6.92 Å². The van der Waals surface area contributed by atoms with Gasteiger partial charge in [-0.15, -0.1) is 0 Å². The Morgan fingerprint density at radius 3 is 0.796 bits per heavy atom. The average Bonchev–Trinajstić information content (AvgIpc) is 1.60. The van der Waals surface area contributed by atoms with Crippen LogP contribution in [0.4, 0.5) is 0 Å². The first-order chi connectivity index (χ1) is 56.3. The lowest BCUT2D eigenvalue weighted by Crippen LogP contribution is -2.06. The standard InChI is InChI=1S/C57H37N5.C49H34N2/c1-4-14-42(15-5-1)55-58-56(43-16-6-2-7-17-43)60-57(59-55)62-52-23-13-11-21-48(52)50-37-45(33-35-54(50)62)41-30-26-39(27-31-41)38-24-28-40(29-25-38)44-32-34-53-49(36-44)47-20-10-12-22-51(47)61(53)46-18-8-3-9-19-46;1-33-16-27-47-43(30-33)45-32-39(26-29-49(45)51(47)41-12-6-3-7-13-41)37-23-19-35(20-24-37)34-17-21-36(22-18-34)38-25-28-48-44(31-38)42-14-8-9-15-46(42)50(48)40-10-4-2-5-11-40/h1-37H;2-32H,1H3/i;8D. The summed E-state index contributed by atoms with van der Waals surface area (Å²) in [6.07, 6.45) is 0. The number of benzene rings is 17. The molecule has 5 aromatic heterocycles. The number of aromatic nitrogens is 7. The maximum atomic E-state index is 8.34. The van der Waals surface area contributed by atoms with Crippen LogP contribution in [0.25, 0.3) is 200 Å². The van der Waals surface area contributed by atoms with Gasteiger partial charge in [0.2, 0.25) is 5.95 Å². The monoisotopic (exact) mass is 1440 g/mol. The van der Waals surface area contributed by atoms with E-state index < -0.39 is 0 Å². The van der Waals surface area contributed by atoms with E-state index in [0.29, 0.717) is 23.6 Å². The van der Waals surface area contributed by atoms with Crippen LogP contribution in [0.3, 0.4) is 0 Å². The van der Waals surface area contributed by atoms with Crippen LogP contribution >= 0.6 is 0 Å². The smallest absolute Gasteiger partial charge is 0.238 e. The Hall–Kier alpha value is -15.1. The highest BCUT2D eigenvalue weighted by molar-refractivity contribution is 6.14. The van der Waals surface area contributed by atoms with Gasteiger partial charge < -0.3 is 13.7 Å². The molecule has 0 atom stereocenters. The van der Waals surface area contributed by atoms with Crippen LogP contribution in [0.15, 0.2) is 412 Å². The number of aryl methyl sites for hydroxylation is 1. The zero-order chi connectivity index (χ0) is 75.7. The van der Waals surface area contributed by atoms with E-state index in [0.717, 1.165) is 77.1 Å². The van der Waals surface area contributed by atoms with Crippen LogP contribution in [-0.4, -0.2) is 33.2 Å². The van der Waals surface area contributed by atoms with Gasteiger partial charge in [0.25, 0.3) is 0 Å². The van der Waals surface area contributed by atoms with Crippen LogP contribution in [0.2, 0.25) is 0 Å². The first-order valence-corrected chi connectivity index (χ1v) is 38.4. The van der Waals surface area contributed by atoms with E-state index in [1.54, 1.807) is 0 Å². The maximum Gasteiger partial charge on any atom is 0.238 e. The Labute approximate surface area is 655 Å². The van der Waals surface area contributed by atoms with Crippen LogP contribution < -0.4 is 0 Å². The summed E-state index contributed by atoms with van der Waals surface area (Å²) in [5, 5.41) is 9.59. The first kappa shape index (κ1) is 65.1. The lowest BCUT2D eigenvalue weighted by molar-refractivity contribution is 0.953. The van der Waals surface area contributed by atoms with E-state index in [-0.39, 0.29) is 0 Å². The van der Waals surface area contributed by atoms with Crippen molar-refractivity contribution in [3.8, 4) is 113 Å². The Bertz CT molecular complexity index is 7150. The van der Waals surface area contributed by atoms with Crippen molar-refractivity contribution < 1.29 is 1.37 Å². The number of hydrogen-bond acceptors (Lipinski definition) is 3. The van der Waals surface area contributed by atoms with Crippen molar-refractivity contribution in [1.82, 2.24) is 33.2 Å². The number of fused-ring (bicyclic) bond motifs is 12. The van der Waals surface area contributed by atoms with Crippen molar-refractivity contribution in [3.63, 3.8) is 0 Å². The van der Waals surface area contributed by atoms with Gasteiger partial charge in [0.05, 0.1) is 45.5 Å². The predicted molar refractivity (Wildman–Crippen MR) is 472 cm³/mol. The molecular weight excluding hydrogens is 1370 g/mol. The molecule has 0 aliphatic rings. The largest absolute Gasteiger partial charge is 0.309 e. The van der Waals surface area contributed by atoms with Crippen molar-refractivity contribution in [1.29, 1.82) is 0 Å². The molecule has 0 spiro atoms. The van der Waals surface area contributed by atoms with E-state index in [2.05, 4.69) is 353 Å². The van der Waals surface area contributed by atoms with E-state index in [9.17, 15) is 0 Å². The van der Waals surface area contributed by atoms with Crippen LogP contribution in [-0.2, 0) is 0 Å². The molecule has 0 bridgehead atoms. The minimum atomic E-state index is 0.520. The number of nitrogens with zero attached hydrogens (tertiary/aromatic N) is 7. The maximum absolute atomic E-state index is 8.34. The normalized spacial score (nSPS) is 11.7. The zero-order valence-corrected chi connectivity index (χ0v) is 61.8. The van der Waals surface area contributed by atoms with Crippen molar-refractivity contribution in [2.75, 3.05) is 0 Å². The van der Waals surface area contributed by atoms with Crippen molar-refractivity contribution >= 4 is 87.2 Å². The molecule has 530 valence electrons. The van der Waals surface area contributed by atoms with E-state index in [4.69, 9.17) is 16.3 Å². The Kier molecular flexibility index (Phi) is 16.0. The molecule has 0 saturated heterocycles. The molecule has 0 amide bonds. The third kappa shape index (κ3) is 11.9. The molecule has 113 heavy (non-hydrogen) atoms.